The first kappa shape index (κ1) is 20.9. The van der Waals surface area contributed by atoms with Crippen molar-refractivity contribution < 1.29 is 14.0 Å². The molecule has 7 heteroatoms. The van der Waals surface area contributed by atoms with Crippen LogP contribution in [0.25, 0.3) is 0 Å². The van der Waals surface area contributed by atoms with Gasteiger partial charge >= 0.3 is 0 Å². The third-order valence-electron chi connectivity index (χ3n) is 4.01. The summed E-state index contributed by atoms with van der Waals surface area (Å²) in [6, 6.07) is 19.4. The molecule has 1 unspecified atom stereocenters. The van der Waals surface area contributed by atoms with Crippen LogP contribution in [0.2, 0.25) is 5.02 Å². The highest BCUT2D eigenvalue weighted by Crippen LogP contribution is 2.26. The van der Waals surface area contributed by atoms with Crippen molar-refractivity contribution in [2.75, 3.05) is 10.6 Å². The Morgan fingerprint density at radius 2 is 1.41 bits per heavy atom. The van der Waals surface area contributed by atoms with E-state index in [1.165, 1.54) is 36.0 Å². The van der Waals surface area contributed by atoms with Crippen molar-refractivity contribution in [1.29, 1.82) is 0 Å². The maximum Gasteiger partial charge on any atom is 0.255 e. The van der Waals surface area contributed by atoms with Crippen molar-refractivity contribution in [3.63, 3.8) is 0 Å². The minimum absolute atomic E-state index is 0.119. The van der Waals surface area contributed by atoms with Crippen LogP contribution in [0, 0.1) is 5.82 Å². The van der Waals surface area contributed by atoms with E-state index in [0.29, 0.717) is 22.0 Å². The van der Waals surface area contributed by atoms with Gasteiger partial charge in [-0.3, -0.25) is 9.59 Å². The summed E-state index contributed by atoms with van der Waals surface area (Å²) in [4.78, 5) is 25.4. The lowest BCUT2D eigenvalue weighted by Crippen LogP contribution is -2.22. The molecular formula is C22H18ClFN2O2S. The van der Waals surface area contributed by atoms with E-state index in [1.807, 2.05) is 19.1 Å². The summed E-state index contributed by atoms with van der Waals surface area (Å²) in [5.74, 6) is -0.829. The first-order valence-electron chi connectivity index (χ1n) is 8.81. The lowest BCUT2D eigenvalue weighted by atomic mass is 10.2. The number of amides is 2. The van der Waals surface area contributed by atoms with Gasteiger partial charge in [0.25, 0.3) is 5.91 Å². The van der Waals surface area contributed by atoms with Crippen molar-refractivity contribution in [2.24, 2.45) is 0 Å². The molecule has 0 aromatic heterocycles. The van der Waals surface area contributed by atoms with E-state index in [2.05, 4.69) is 10.6 Å². The predicted octanol–water partition coefficient (Wildman–Crippen LogP) is 5.85. The molecule has 148 valence electrons. The topological polar surface area (TPSA) is 58.2 Å². The average Bonchev–Trinajstić information content (AvgIpc) is 2.71. The summed E-state index contributed by atoms with van der Waals surface area (Å²) in [7, 11) is 0. The van der Waals surface area contributed by atoms with Crippen LogP contribution >= 0.6 is 23.4 Å². The number of hydrogen-bond acceptors (Lipinski definition) is 3. The van der Waals surface area contributed by atoms with Crippen LogP contribution in [0.15, 0.2) is 77.7 Å². The lowest BCUT2D eigenvalue weighted by Gasteiger charge is -2.13. The van der Waals surface area contributed by atoms with Gasteiger partial charge in [0.15, 0.2) is 0 Å². The van der Waals surface area contributed by atoms with Crippen LogP contribution < -0.4 is 10.6 Å². The molecule has 2 amide bonds. The Morgan fingerprint density at radius 1 is 0.862 bits per heavy atom. The zero-order chi connectivity index (χ0) is 20.8. The van der Waals surface area contributed by atoms with Gasteiger partial charge in [-0.15, -0.1) is 11.8 Å². The summed E-state index contributed by atoms with van der Waals surface area (Å²) in [5.41, 5.74) is 1.67. The Hall–Kier alpha value is -2.83. The molecule has 0 saturated carbocycles. The number of benzene rings is 3. The van der Waals surface area contributed by atoms with Gasteiger partial charge in [0.05, 0.1) is 5.25 Å². The summed E-state index contributed by atoms with van der Waals surface area (Å²) in [6.45, 7) is 1.82. The third kappa shape index (κ3) is 6.07. The minimum atomic E-state index is -0.392. The third-order valence-corrected chi connectivity index (χ3v) is 5.38. The number of carbonyl (C=O) groups excluding carboxylic acids is 2. The van der Waals surface area contributed by atoms with Gasteiger partial charge in [0.1, 0.15) is 5.82 Å². The number of carbonyl (C=O) groups is 2. The normalized spacial score (nSPS) is 11.6. The van der Waals surface area contributed by atoms with Gasteiger partial charge in [0, 0.05) is 26.9 Å². The summed E-state index contributed by atoms with van der Waals surface area (Å²) < 4.78 is 13.0. The van der Waals surface area contributed by atoms with E-state index in [1.54, 1.807) is 36.4 Å². The van der Waals surface area contributed by atoms with E-state index in [-0.39, 0.29) is 17.1 Å². The fourth-order valence-electron chi connectivity index (χ4n) is 2.46. The van der Waals surface area contributed by atoms with Crippen LogP contribution in [0.3, 0.4) is 0 Å². The number of nitrogens with one attached hydrogen (secondary N) is 2. The Kier molecular flexibility index (Phi) is 6.90. The van der Waals surface area contributed by atoms with E-state index < -0.39 is 5.82 Å². The van der Waals surface area contributed by atoms with Gasteiger partial charge in [0.2, 0.25) is 5.91 Å². The van der Waals surface area contributed by atoms with Crippen molar-refractivity contribution in [2.45, 2.75) is 17.1 Å². The molecule has 0 aliphatic heterocycles. The van der Waals surface area contributed by atoms with Crippen molar-refractivity contribution in [3.8, 4) is 0 Å². The Morgan fingerprint density at radius 3 is 2.03 bits per heavy atom. The van der Waals surface area contributed by atoms with Gasteiger partial charge in [-0.2, -0.15) is 0 Å². The zero-order valence-corrected chi connectivity index (χ0v) is 17.1. The summed E-state index contributed by atoms with van der Waals surface area (Å²) in [6.07, 6.45) is 0. The molecule has 3 rings (SSSR count). The standard InChI is InChI=1S/C22H18ClFN2O2S/c1-14(21(27)25-18-8-4-16(23)5-9-18)29-20-12-10-19(11-13-20)26-22(28)15-2-6-17(24)7-3-15/h2-14H,1H3,(H,25,27)(H,26,28). The molecule has 3 aromatic carbocycles. The van der Waals surface area contributed by atoms with Crippen molar-refractivity contribution >= 4 is 46.6 Å². The number of hydrogen-bond donors (Lipinski definition) is 2. The molecule has 0 spiro atoms. The molecule has 0 saturated heterocycles. The zero-order valence-electron chi connectivity index (χ0n) is 15.5. The van der Waals surface area contributed by atoms with Crippen molar-refractivity contribution in [1.82, 2.24) is 0 Å². The first-order valence-corrected chi connectivity index (χ1v) is 10.1. The highest BCUT2D eigenvalue weighted by molar-refractivity contribution is 8.00. The Balaban J connectivity index is 1.55. The molecule has 0 bridgehead atoms. The largest absolute Gasteiger partial charge is 0.325 e. The lowest BCUT2D eigenvalue weighted by molar-refractivity contribution is -0.115. The molecule has 0 aliphatic rings. The smallest absolute Gasteiger partial charge is 0.255 e. The molecule has 1 atom stereocenters. The highest BCUT2D eigenvalue weighted by Gasteiger charge is 2.15. The Bertz CT molecular complexity index is 993. The van der Waals surface area contributed by atoms with E-state index in [9.17, 15) is 14.0 Å². The molecule has 0 fully saturated rings. The summed E-state index contributed by atoms with van der Waals surface area (Å²) >= 11 is 7.25. The fourth-order valence-corrected chi connectivity index (χ4v) is 3.45. The molecule has 2 N–H and O–H groups in total. The number of thioether (sulfide) groups is 1. The molecule has 4 nitrogen and oxygen atoms in total. The maximum absolute atomic E-state index is 13.0. The second-order valence-electron chi connectivity index (χ2n) is 6.24. The van der Waals surface area contributed by atoms with E-state index in [0.717, 1.165) is 4.90 Å². The van der Waals surface area contributed by atoms with Crippen molar-refractivity contribution in [3.05, 3.63) is 89.2 Å². The highest BCUT2D eigenvalue weighted by atomic mass is 35.5. The van der Waals surface area contributed by atoms with Crippen LogP contribution in [-0.4, -0.2) is 17.1 Å². The van der Waals surface area contributed by atoms with E-state index >= 15 is 0 Å². The van der Waals surface area contributed by atoms with Crippen LogP contribution in [0.5, 0.6) is 0 Å². The minimum Gasteiger partial charge on any atom is -0.325 e. The molecule has 3 aromatic rings. The molecule has 0 heterocycles. The molecular weight excluding hydrogens is 411 g/mol. The molecule has 0 aliphatic carbocycles. The number of halogens is 2. The number of rotatable bonds is 6. The van der Waals surface area contributed by atoms with Gasteiger partial charge in [-0.1, -0.05) is 11.6 Å². The van der Waals surface area contributed by atoms with Gasteiger partial charge < -0.3 is 10.6 Å². The van der Waals surface area contributed by atoms with Gasteiger partial charge in [-0.05, 0) is 79.7 Å². The predicted molar refractivity (Wildman–Crippen MR) is 116 cm³/mol. The van der Waals surface area contributed by atoms with Crippen LogP contribution in [0.4, 0.5) is 15.8 Å². The SMILES string of the molecule is CC(Sc1ccc(NC(=O)c2ccc(F)cc2)cc1)C(=O)Nc1ccc(Cl)cc1. The average molecular weight is 429 g/mol. The second kappa shape index (κ2) is 9.58. The van der Waals surface area contributed by atoms with Crippen LogP contribution in [-0.2, 0) is 4.79 Å². The van der Waals surface area contributed by atoms with Crippen LogP contribution in [0.1, 0.15) is 17.3 Å². The maximum atomic E-state index is 13.0. The first-order chi connectivity index (χ1) is 13.9. The quantitative estimate of drug-likeness (QED) is 0.484. The number of anilines is 2. The van der Waals surface area contributed by atoms with Gasteiger partial charge in [-0.25, -0.2) is 4.39 Å². The second-order valence-corrected chi connectivity index (χ2v) is 8.09. The monoisotopic (exact) mass is 428 g/mol. The molecule has 0 radical (unpaired) electrons. The van der Waals surface area contributed by atoms with E-state index in [4.69, 9.17) is 11.6 Å². The summed E-state index contributed by atoms with van der Waals surface area (Å²) in [5, 5.41) is 5.90. The Labute approximate surface area is 177 Å². The molecule has 29 heavy (non-hydrogen) atoms. The fraction of sp³-hybridized carbons (Fsp3) is 0.0909.